The van der Waals surface area contributed by atoms with Crippen molar-refractivity contribution in [1.82, 2.24) is 4.90 Å². The van der Waals surface area contributed by atoms with Gasteiger partial charge in [-0.1, -0.05) is 20.8 Å². The molecule has 0 N–H and O–H groups in total. The number of carbonyl (C=O) groups is 1. The van der Waals surface area contributed by atoms with Gasteiger partial charge in [0.15, 0.2) is 0 Å². The Morgan fingerprint density at radius 3 is 2.33 bits per heavy atom. The average molecular weight is 211 g/mol. The Balaban J connectivity index is 0.000000531. The van der Waals surface area contributed by atoms with Crippen LogP contribution in [0.25, 0.3) is 0 Å². The molecule has 0 aromatic carbocycles. The van der Waals surface area contributed by atoms with E-state index in [0.29, 0.717) is 5.54 Å². The topological polar surface area (TPSA) is 20.3 Å². The molecule has 88 valence electrons. The molecule has 1 saturated carbocycles. The van der Waals surface area contributed by atoms with Crippen LogP contribution in [-0.2, 0) is 4.79 Å². The number of rotatable bonds is 0. The molecule has 1 aliphatic carbocycles. The summed E-state index contributed by atoms with van der Waals surface area (Å²) in [6, 6.07) is 0. The Labute approximate surface area is 94.0 Å². The zero-order valence-electron chi connectivity index (χ0n) is 10.7. The van der Waals surface area contributed by atoms with Gasteiger partial charge in [0, 0.05) is 19.0 Å². The number of hydrogen-bond donors (Lipinski definition) is 0. The quantitative estimate of drug-likeness (QED) is 0.602. The molecule has 0 unspecified atom stereocenters. The van der Waals surface area contributed by atoms with Crippen LogP contribution < -0.4 is 0 Å². The summed E-state index contributed by atoms with van der Waals surface area (Å²) < 4.78 is 0. The van der Waals surface area contributed by atoms with E-state index in [0.717, 1.165) is 12.5 Å². The highest BCUT2D eigenvalue weighted by atomic mass is 16.2. The smallest absolute Gasteiger partial charge is 0.219 e. The molecule has 1 heterocycles. The molecular formula is C13H25NO. The van der Waals surface area contributed by atoms with E-state index in [9.17, 15) is 4.79 Å². The molecule has 0 radical (unpaired) electrons. The minimum atomic E-state index is 0.284. The molecule has 2 heteroatoms. The van der Waals surface area contributed by atoms with Gasteiger partial charge in [0.05, 0.1) is 0 Å². The fourth-order valence-electron chi connectivity index (χ4n) is 3.25. The molecule has 1 amide bonds. The van der Waals surface area contributed by atoms with Gasteiger partial charge in [0.1, 0.15) is 0 Å². The Morgan fingerprint density at radius 2 is 1.87 bits per heavy atom. The maximum Gasteiger partial charge on any atom is 0.219 e. The number of piperidine rings is 1. The molecule has 2 fully saturated rings. The highest BCUT2D eigenvalue weighted by Crippen LogP contribution is 2.47. The third-order valence-corrected chi connectivity index (χ3v) is 3.68. The lowest BCUT2D eigenvalue weighted by molar-refractivity contribution is -0.145. The molecule has 1 saturated heterocycles. The van der Waals surface area contributed by atoms with Gasteiger partial charge in [-0.3, -0.25) is 4.79 Å². The molecule has 1 spiro atoms. The lowest BCUT2D eigenvalue weighted by Gasteiger charge is -2.56. The largest absolute Gasteiger partial charge is 0.337 e. The fraction of sp³-hybridized carbons (Fsp3) is 0.923. The number of hydrogen-bond acceptors (Lipinski definition) is 1. The van der Waals surface area contributed by atoms with Crippen LogP contribution in [0.5, 0.6) is 0 Å². The first-order valence-electron chi connectivity index (χ1n) is 6.42. The van der Waals surface area contributed by atoms with E-state index in [1.807, 2.05) is 13.8 Å². The van der Waals surface area contributed by atoms with Gasteiger partial charge in [0.2, 0.25) is 5.91 Å². The van der Waals surface area contributed by atoms with E-state index in [-0.39, 0.29) is 5.91 Å². The van der Waals surface area contributed by atoms with Crippen molar-refractivity contribution in [3.8, 4) is 0 Å². The van der Waals surface area contributed by atoms with Crippen LogP contribution >= 0.6 is 0 Å². The zero-order chi connectivity index (χ0) is 11.5. The molecule has 1 aliphatic heterocycles. The Morgan fingerprint density at radius 1 is 1.27 bits per heavy atom. The van der Waals surface area contributed by atoms with Crippen molar-refractivity contribution < 1.29 is 4.79 Å². The highest BCUT2D eigenvalue weighted by molar-refractivity contribution is 5.74. The van der Waals surface area contributed by atoms with Crippen molar-refractivity contribution in [2.75, 3.05) is 6.54 Å². The summed E-state index contributed by atoms with van der Waals surface area (Å²) in [5, 5.41) is 0. The van der Waals surface area contributed by atoms with Crippen LogP contribution in [0.1, 0.15) is 59.8 Å². The van der Waals surface area contributed by atoms with Crippen LogP contribution in [0, 0.1) is 5.92 Å². The van der Waals surface area contributed by atoms with Crippen LogP contribution in [-0.4, -0.2) is 22.9 Å². The molecule has 0 aromatic heterocycles. The summed E-state index contributed by atoms with van der Waals surface area (Å²) in [5.41, 5.74) is 0.295. The normalized spacial score (nSPS) is 34.1. The molecule has 2 nitrogen and oxygen atoms in total. The molecule has 0 atom stereocenters. The Bertz CT molecular complexity index is 213. The first-order chi connectivity index (χ1) is 7.14. The minimum Gasteiger partial charge on any atom is -0.337 e. The predicted octanol–water partition coefficient (Wildman–Crippen LogP) is 3.21. The summed E-state index contributed by atoms with van der Waals surface area (Å²) in [6.07, 6.45) is 6.25. The SMILES string of the molecule is CC.CC(=O)N1CCCCC12CC(C)C2. The van der Waals surface area contributed by atoms with Gasteiger partial charge >= 0.3 is 0 Å². The summed E-state index contributed by atoms with van der Waals surface area (Å²) in [5.74, 6) is 1.12. The van der Waals surface area contributed by atoms with Crippen molar-refractivity contribution in [2.24, 2.45) is 5.92 Å². The van der Waals surface area contributed by atoms with E-state index in [1.165, 1.54) is 32.1 Å². The second-order valence-electron chi connectivity index (χ2n) is 4.87. The number of likely N-dealkylation sites (tertiary alicyclic amines) is 1. The van der Waals surface area contributed by atoms with Gasteiger partial charge in [-0.25, -0.2) is 0 Å². The number of nitrogens with zero attached hydrogens (tertiary/aromatic N) is 1. The van der Waals surface area contributed by atoms with Crippen LogP contribution in [0.2, 0.25) is 0 Å². The van der Waals surface area contributed by atoms with Crippen molar-refractivity contribution in [3.63, 3.8) is 0 Å². The van der Waals surface area contributed by atoms with E-state index < -0.39 is 0 Å². The molecule has 2 aliphatic rings. The van der Waals surface area contributed by atoms with Crippen molar-refractivity contribution >= 4 is 5.91 Å². The monoisotopic (exact) mass is 211 g/mol. The Kier molecular flexibility index (Phi) is 4.18. The maximum atomic E-state index is 11.4. The minimum absolute atomic E-state index is 0.284. The first-order valence-corrected chi connectivity index (χ1v) is 6.42. The second-order valence-corrected chi connectivity index (χ2v) is 4.87. The van der Waals surface area contributed by atoms with Crippen LogP contribution in [0.15, 0.2) is 0 Å². The average Bonchev–Trinajstić information content (AvgIpc) is 2.19. The fourth-order valence-corrected chi connectivity index (χ4v) is 3.25. The third kappa shape index (κ3) is 2.35. The summed E-state index contributed by atoms with van der Waals surface area (Å²) in [6.45, 7) is 9.01. The van der Waals surface area contributed by atoms with Crippen molar-refractivity contribution in [3.05, 3.63) is 0 Å². The first kappa shape index (κ1) is 12.5. The van der Waals surface area contributed by atoms with Gasteiger partial charge in [-0.2, -0.15) is 0 Å². The maximum absolute atomic E-state index is 11.4. The molecule has 0 aromatic rings. The van der Waals surface area contributed by atoms with Crippen LogP contribution in [0.4, 0.5) is 0 Å². The predicted molar refractivity (Wildman–Crippen MR) is 63.7 cm³/mol. The third-order valence-electron chi connectivity index (χ3n) is 3.68. The molecule has 15 heavy (non-hydrogen) atoms. The molecule has 2 rings (SSSR count). The number of carbonyl (C=O) groups excluding carboxylic acids is 1. The number of amides is 1. The zero-order valence-corrected chi connectivity index (χ0v) is 10.7. The van der Waals surface area contributed by atoms with E-state index in [1.54, 1.807) is 6.92 Å². The lowest BCUT2D eigenvalue weighted by Crippen LogP contribution is -2.60. The van der Waals surface area contributed by atoms with Gasteiger partial charge < -0.3 is 4.90 Å². The van der Waals surface area contributed by atoms with Crippen LogP contribution in [0.3, 0.4) is 0 Å². The van der Waals surface area contributed by atoms with E-state index >= 15 is 0 Å². The van der Waals surface area contributed by atoms with Crippen molar-refractivity contribution in [1.29, 1.82) is 0 Å². The standard InChI is InChI=1S/C11H19NO.C2H6/c1-9-7-11(8-9)5-3-4-6-12(11)10(2)13;1-2/h9H,3-8H2,1-2H3;1-2H3. The molecular weight excluding hydrogens is 186 g/mol. The van der Waals surface area contributed by atoms with Gasteiger partial charge in [0.25, 0.3) is 0 Å². The van der Waals surface area contributed by atoms with Gasteiger partial charge in [-0.05, 0) is 38.0 Å². The summed E-state index contributed by atoms with van der Waals surface area (Å²) in [7, 11) is 0. The van der Waals surface area contributed by atoms with Crippen molar-refractivity contribution in [2.45, 2.75) is 65.3 Å². The lowest BCUT2D eigenvalue weighted by atomic mass is 9.64. The summed E-state index contributed by atoms with van der Waals surface area (Å²) >= 11 is 0. The van der Waals surface area contributed by atoms with Gasteiger partial charge in [-0.15, -0.1) is 0 Å². The summed E-state index contributed by atoms with van der Waals surface area (Å²) in [4.78, 5) is 13.6. The Hall–Kier alpha value is -0.530. The highest BCUT2D eigenvalue weighted by Gasteiger charge is 2.48. The van der Waals surface area contributed by atoms with E-state index in [2.05, 4.69) is 11.8 Å². The molecule has 0 bridgehead atoms. The van der Waals surface area contributed by atoms with E-state index in [4.69, 9.17) is 0 Å². The second kappa shape index (κ2) is 5.00.